The van der Waals surface area contributed by atoms with Gasteiger partial charge in [-0.25, -0.2) is 0 Å². The van der Waals surface area contributed by atoms with E-state index in [4.69, 9.17) is 11.6 Å². The molecule has 0 unspecified atom stereocenters. The first-order valence-corrected chi connectivity index (χ1v) is 15.2. The van der Waals surface area contributed by atoms with Gasteiger partial charge in [-0.15, -0.1) is 0 Å². The molecule has 222 valence electrons. The Hall–Kier alpha value is -4.01. The topological polar surface area (TPSA) is 157 Å². The van der Waals surface area contributed by atoms with Crippen LogP contribution < -0.4 is 21.3 Å². The van der Waals surface area contributed by atoms with Gasteiger partial charge in [0.25, 0.3) is 11.8 Å². The lowest BCUT2D eigenvalue weighted by Gasteiger charge is -2.23. The molecular weight excluding hydrogens is 683 g/mol. The second-order valence-corrected chi connectivity index (χ2v) is 11.8. The summed E-state index contributed by atoms with van der Waals surface area (Å²) in [5.41, 5.74) is 4.01. The second kappa shape index (κ2) is 14.0. The van der Waals surface area contributed by atoms with Crippen molar-refractivity contribution in [3.63, 3.8) is 0 Å². The number of nitrogens with zero attached hydrogens (tertiary/aromatic N) is 2. The van der Waals surface area contributed by atoms with Crippen LogP contribution in [0.5, 0.6) is 0 Å². The van der Waals surface area contributed by atoms with Crippen LogP contribution in [-0.2, 0) is 11.3 Å². The molecule has 6 N–H and O–H groups in total. The van der Waals surface area contributed by atoms with Crippen LogP contribution in [0.15, 0.2) is 60.7 Å². The number of carbonyl (C=O) groups excluding carboxylic acids is 3. The van der Waals surface area contributed by atoms with Crippen molar-refractivity contribution in [1.29, 1.82) is 0 Å². The van der Waals surface area contributed by atoms with Crippen LogP contribution in [0, 0.1) is 3.57 Å². The van der Waals surface area contributed by atoms with Crippen molar-refractivity contribution in [1.82, 2.24) is 36.3 Å². The van der Waals surface area contributed by atoms with E-state index in [9.17, 15) is 14.4 Å². The summed E-state index contributed by atoms with van der Waals surface area (Å²) in [5.74, 6) is -0.491. The van der Waals surface area contributed by atoms with E-state index < -0.39 is 0 Å². The molecule has 13 heteroatoms. The Morgan fingerprint density at radius 2 is 1.51 bits per heavy atom. The number of carbonyl (C=O) groups is 3. The van der Waals surface area contributed by atoms with Crippen molar-refractivity contribution in [3.8, 4) is 0 Å². The van der Waals surface area contributed by atoms with Crippen molar-refractivity contribution in [2.75, 3.05) is 18.4 Å². The lowest BCUT2D eigenvalue weighted by atomic mass is 10.1. The van der Waals surface area contributed by atoms with Crippen LogP contribution in [0.25, 0.3) is 21.8 Å². The molecule has 11 nitrogen and oxygen atoms in total. The molecule has 5 aromatic rings. The highest BCUT2D eigenvalue weighted by Gasteiger charge is 2.20. The monoisotopic (exact) mass is 712 g/mol. The number of amides is 3. The second-order valence-electron chi connectivity index (χ2n) is 10.1. The summed E-state index contributed by atoms with van der Waals surface area (Å²) in [6, 6.07) is 18.6. The number of benzene rings is 3. The summed E-state index contributed by atoms with van der Waals surface area (Å²) in [6.45, 7) is 3.84. The first-order chi connectivity index (χ1) is 20.8. The molecule has 1 saturated heterocycles. The number of aromatic amines is 2. The van der Waals surface area contributed by atoms with E-state index in [1.165, 1.54) is 6.92 Å². The summed E-state index contributed by atoms with van der Waals surface area (Å²) < 4.78 is 1.10. The maximum Gasteiger partial charge on any atom is 0.276 e. The van der Waals surface area contributed by atoms with Crippen LogP contribution in [0.2, 0.25) is 5.02 Å². The largest absolute Gasteiger partial charge is 0.352 e. The van der Waals surface area contributed by atoms with E-state index in [0.717, 1.165) is 51.5 Å². The van der Waals surface area contributed by atoms with Gasteiger partial charge >= 0.3 is 0 Å². The highest BCUT2D eigenvalue weighted by atomic mass is 127. The number of anilines is 1. The highest BCUT2D eigenvalue weighted by Crippen LogP contribution is 2.22. The first-order valence-electron chi connectivity index (χ1n) is 13.7. The average molecular weight is 713 g/mol. The van der Waals surface area contributed by atoms with Crippen LogP contribution >= 0.6 is 34.2 Å². The van der Waals surface area contributed by atoms with Crippen molar-refractivity contribution < 1.29 is 14.4 Å². The molecule has 1 fully saturated rings. The third-order valence-electron chi connectivity index (χ3n) is 6.91. The van der Waals surface area contributed by atoms with Gasteiger partial charge in [-0.1, -0.05) is 23.7 Å². The predicted octanol–water partition coefficient (Wildman–Crippen LogP) is 4.75. The quantitative estimate of drug-likeness (QED) is 0.140. The maximum absolute atomic E-state index is 12.4. The molecule has 2 aromatic heterocycles. The number of hydrogen-bond acceptors (Lipinski definition) is 6. The zero-order chi connectivity index (χ0) is 30.3. The van der Waals surface area contributed by atoms with E-state index in [1.807, 2.05) is 30.3 Å². The molecule has 43 heavy (non-hydrogen) atoms. The Labute approximate surface area is 266 Å². The number of halogens is 2. The molecule has 0 aliphatic carbocycles. The fourth-order valence-electron chi connectivity index (χ4n) is 4.66. The Morgan fingerprint density at radius 3 is 2.19 bits per heavy atom. The molecule has 6 rings (SSSR count). The average Bonchev–Trinajstić information content (AvgIpc) is 3.61. The summed E-state index contributed by atoms with van der Waals surface area (Å²) in [5, 5.41) is 27.9. The van der Waals surface area contributed by atoms with E-state index >= 15 is 0 Å². The van der Waals surface area contributed by atoms with Gasteiger partial charge in [0.05, 0.1) is 11.0 Å². The number of nitrogens with one attached hydrogen (secondary N) is 6. The standard InChI is InChI=1S/C17H15ClN4O2.C13H15IN4O/c1-10(23)19-9-11-2-5-13(6-3-11)20-17(24)16-14-8-12(18)4-7-15(14)21-22-16;14-8-1-2-11-10(7-8)12(18-17-11)13(19)16-9-3-5-15-6-4-9/h2-8H,9H2,1H3,(H,19,23)(H,20,24)(H,21,22);1-2,7,9,15H,3-6H2,(H,16,19)(H,17,18). The molecule has 3 amide bonds. The van der Waals surface area contributed by atoms with Gasteiger partial charge in [0.15, 0.2) is 11.4 Å². The lowest BCUT2D eigenvalue weighted by Crippen LogP contribution is -2.42. The van der Waals surface area contributed by atoms with E-state index in [1.54, 1.807) is 30.3 Å². The maximum atomic E-state index is 12.4. The van der Waals surface area contributed by atoms with Gasteiger partial charge < -0.3 is 21.3 Å². The Balaban J connectivity index is 0.000000176. The predicted molar refractivity (Wildman–Crippen MR) is 175 cm³/mol. The minimum atomic E-state index is -0.321. The van der Waals surface area contributed by atoms with Gasteiger partial charge in [0.1, 0.15) is 0 Å². The molecule has 1 aliphatic rings. The van der Waals surface area contributed by atoms with E-state index in [0.29, 0.717) is 28.3 Å². The zero-order valence-electron chi connectivity index (χ0n) is 23.3. The number of hydrogen-bond donors (Lipinski definition) is 6. The number of piperidine rings is 1. The van der Waals surface area contributed by atoms with Gasteiger partial charge in [0, 0.05) is 44.6 Å². The smallest absolute Gasteiger partial charge is 0.276 e. The van der Waals surface area contributed by atoms with Crippen molar-refractivity contribution in [2.24, 2.45) is 0 Å². The molecule has 0 saturated carbocycles. The Bertz CT molecular complexity index is 1760. The minimum Gasteiger partial charge on any atom is -0.352 e. The molecule has 3 aromatic carbocycles. The fourth-order valence-corrected chi connectivity index (χ4v) is 5.32. The summed E-state index contributed by atoms with van der Waals surface area (Å²) in [7, 11) is 0. The zero-order valence-corrected chi connectivity index (χ0v) is 26.2. The number of aromatic nitrogens is 4. The summed E-state index contributed by atoms with van der Waals surface area (Å²) >= 11 is 8.22. The lowest BCUT2D eigenvalue weighted by molar-refractivity contribution is -0.119. The molecular formula is C30H30ClIN8O3. The molecule has 1 aliphatic heterocycles. The van der Waals surface area contributed by atoms with Crippen molar-refractivity contribution in [2.45, 2.75) is 32.4 Å². The van der Waals surface area contributed by atoms with Crippen LogP contribution in [0.3, 0.4) is 0 Å². The fraction of sp³-hybridized carbons (Fsp3) is 0.233. The van der Waals surface area contributed by atoms with Crippen LogP contribution in [0.1, 0.15) is 46.3 Å². The minimum absolute atomic E-state index is 0.0832. The molecule has 0 spiro atoms. The van der Waals surface area contributed by atoms with E-state index in [-0.39, 0.29) is 29.5 Å². The number of H-pyrrole nitrogens is 2. The summed E-state index contributed by atoms with van der Waals surface area (Å²) in [6.07, 6.45) is 1.96. The third-order valence-corrected chi connectivity index (χ3v) is 7.81. The van der Waals surface area contributed by atoms with Crippen LogP contribution in [0.4, 0.5) is 5.69 Å². The van der Waals surface area contributed by atoms with Crippen molar-refractivity contribution >= 4 is 79.4 Å². The summed E-state index contributed by atoms with van der Waals surface area (Å²) in [4.78, 5) is 35.6. The van der Waals surface area contributed by atoms with Crippen LogP contribution in [-0.4, -0.2) is 57.2 Å². The Kier molecular flexibility index (Phi) is 9.89. The van der Waals surface area contributed by atoms with Crippen molar-refractivity contribution in [3.05, 3.63) is 86.2 Å². The molecule has 3 heterocycles. The molecule has 0 bridgehead atoms. The normalized spacial score (nSPS) is 13.3. The number of rotatable bonds is 6. The van der Waals surface area contributed by atoms with Gasteiger partial charge in [0.2, 0.25) is 5.91 Å². The highest BCUT2D eigenvalue weighted by molar-refractivity contribution is 14.1. The Morgan fingerprint density at radius 1 is 0.884 bits per heavy atom. The molecule has 0 atom stereocenters. The van der Waals surface area contributed by atoms with Gasteiger partial charge in [-0.05, 0) is 103 Å². The van der Waals surface area contributed by atoms with Gasteiger partial charge in [-0.2, -0.15) is 10.2 Å². The molecule has 0 radical (unpaired) electrons. The SMILES string of the molecule is CC(=O)NCc1ccc(NC(=O)c2n[nH]c3ccc(Cl)cc23)cc1.O=C(NC1CCNCC1)c1n[nH]c2ccc(I)cc12. The number of fused-ring (bicyclic) bond motifs is 2. The first kappa shape index (κ1) is 30.4. The van der Waals surface area contributed by atoms with E-state index in [2.05, 4.69) is 64.3 Å². The van der Waals surface area contributed by atoms with Gasteiger partial charge in [-0.3, -0.25) is 24.6 Å². The third kappa shape index (κ3) is 7.89.